The van der Waals surface area contributed by atoms with Gasteiger partial charge < -0.3 is 9.80 Å². The summed E-state index contributed by atoms with van der Waals surface area (Å²) in [6.45, 7) is 2.51. The molecule has 0 spiro atoms. The van der Waals surface area contributed by atoms with E-state index in [1.807, 2.05) is 18.2 Å². The van der Waals surface area contributed by atoms with Gasteiger partial charge in [0.25, 0.3) is 0 Å². The van der Waals surface area contributed by atoms with Crippen LogP contribution in [-0.2, 0) is 14.8 Å². The molecule has 0 saturated carbocycles. The van der Waals surface area contributed by atoms with Crippen LogP contribution >= 0.6 is 0 Å². The fourth-order valence-electron chi connectivity index (χ4n) is 2.87. The second kappa shape index (κ2) is 8.45. The number of piperazine rings is 1. The van der Waals surface area contributed by atoms with Crippen molar-refractivity contribution in [2.75, 3.05) is 37.6 Å². The highest BCUT2D eigenvalue weighted by Crippen LogP contribution is 2.13. The lowest BCUT2D eigenvalue weighted by Gasteiger charge is -2.35. The summed E-state index contributed by atoms with van der Waals surface area (Å²) in [6, 6.07) is 10.3. The summed E-state index contributed by atoms with van der Waals surface area (Å²) >= 11 is 0. The number of amides is 1. The summed E-state index contributed by atoms with van der Waals surface area (Å²) in [4.78, 5) is 20.4. The predicted octanol–water partition coefficient (Wildman–Crippen LogP) is 1.24. The molecule has 144 valence electrons. The Morgan fingerprint density at radius 3 is 2.41 bits per heavy atom. The molecule has 1 saturated heterocycles. The molecule has 9 heteroatoms. The van der Waals surface area contributed by atoms with Gasteiger partial charge in [0, 0.05) is 45.3 Å². The molecular formula is C18H21FN4O3S. The summed E-state index contributed by atoms with van der Waals surface area (Å²) in [6.07, 6.45) is 1.81. The SMILES string of the molecule is O=C(CCNS(=O)(=O)c1ccc(F)cc1)N1CCN(c2ccccn2)CC1. The maximum Gasteiger partial charge on any atom is 0.240 e. The lowest BCUT2D eigenvalue weighted by molar-refractivity contribution is -0.131. The van der Waals surface area contributed by atoms with Crippen LogP contribution in [0.1, 0.15) is 6.42 Å². The number of carbonyl (C=O) groups is 1. The number of benzene rings is 1. The van der Waals surface area contributed by atoms with E-state index in [1.54, 1.807) is 11.1 Å². The molecular weight excluding hydrogens is 371 g/mol. The Balaban J connectivity index is 1.45. The van der Waals surface area contributed by atoms with Gasteiger partial charge in [0.15, 0.2) is 0 Å². The molecule has 0 unspecified atom stereocenters. The van der Waals surface area contributed by atoms with Gasteiger partial charge in [-0.05, 0) is 36.4 Å². The molecule has 1 fully saturated rings. The molecule has 3 rings (SSSR count). The van der Waals surface area contributed by atoms with Crippen molar-refractivity contribution in [3.05, 3.63) is 54.5 Å². The van der Waals surface area contributed by atoms with Gasteiger partial charge in [0.05, 0.1) is 4.90 Å². The molecule has 2 aromatic rings. The Bertz CT molecular complexity index is 867. The normalized spacial score (nSPS) is 15.0. The molecule has 0 aliphatic carbocycles. The van der Waals surface area contributed by atoms with Crippen LogP contribution in [0.15, 0.2) is 53.6 Å². The van der Waals surface area contributed by atoms with Crippen molar-refractivity contribution in [2.45, 2.75) is 11.3 Å². The van der Waals surface area contributed by atoms with Crippen LogP contribution in [0.25, 0.3) is 0 Å². The first kappa shape index (κ1) is 19.2. The number of rotatable bonds is 6. The van der Waals surface area contributed by atoms with E-state index in [4.69, 9.17) is 0 Å². The van der Waals surface area contributed by atoms with Crippen LogP contribution in [-0.4, -0.2) is 56.9 Å². The van der Waals surface area contributed by atoms with E-state index in [9.17, 15) is 17.6 Å². The van der Waals surface area contributed by atoms with Gasteiger partial charge in [-0.3, -0.25) is 4.79 Å². The van der Waals surface area contributed by atoms with E-state index in [2.05, 4.69) is 14.6 Å². The third-order valence-electron chi connectivity index (χ3n) is 4.36. The van der Waals surface area contributed by atoms with Crippen LogP contribution in [0.4, 0.5) is 10.2 Å². The molecule has 0 bridgehead atoms. The number of anilines is 1. The summed E-state index contributed by atoms with van der Waals surface area (Å²) in [5.41, 5.74) is 0. The van der Waals surface area contributed by atoms with E-state index >= 15 is 0 Å². The number of nitrogens with one attached hydrogen (secondary N) is 1. The van der Waals surface area contributed by atoms with Gasteiger partial charge in [-0.2, -0.15) is 0 Å². The standard InChI is InChI=1S/C18H21FN4O3S/c19-15-4-6-16(7-5-15)27(25,26)21-10-8-18(24)23-13-11-22(12-14-23)17-3-1-2-9-20-17/h1-7,9,21H,8,10-14H2. The topological polar surface area (TPSA) is 82.6 Å². The Hall–Kier alpha value is -2.52. The highest BCUT2D eigenvalue weighted by Gasteiger charge is 2.22. The summed E-state index contributed by atoms with van der Waals surface area (Å²) in [5.74, 6) is 0.281. The molecule has 1 aliphatic rings. The van der Waals surface area contributed by atoms with Gasteiger partial charge >= 0.3 is 0 Å². The Kier molecular flexibility index (Phi) is 6.02. The van der Waals surface area contributed by atoms with Gasteiger partial charge in [0.2, 0.25) is 15.9 Å². The zero-order chi connectivity index (χ0) is 19.3. The molecule has 1 aromatic heterocycles. The largest absolute Gasteiger partial charge is 0.353 e. The number of carbonyl (C=O) groups excluding carboxylic acids is 1. The van der Waals surface area contributed by atoms with E-state index in [0.717, 1.165) is 18.0 Å². The maximum absolute atomic E-state index is 12.9. The van der Waals surface area contributed by atoms with Crippen molar-refractivity contribution in [3.8, 4) is 0 Å². The van der Waals surface area contributed by atoms with Crippen LogP contribution in [0.3, 0.4) is 0 Å². The van der Waals surface area contributed by atoms with Crippen molar-refractivity contribution < 1.29 is 17.6 Å². The predicted molar refractivity (Wildman–Crippen MR) is 99.2 cm³/mol. The Morgan fingerprint density at radius 2 is 1.78 bits per heavy atom. The minimum Gasteiger partial charge on any atom is -0.353 e. The van der Waals surface area contributed by atoms with Crippen LogP contribution < -0.4 is 9.62 Å². The maximum atomic E-state index is 12.9. The third kappa shape index (κ3) is 5.01. The van der Waals surface area contributed by atoms with Crippen molar-refractivity contribution in [1.29, 1.82) is 0 Å². The average molecular weight is 392 g/mol. The summed E-state index contributed by atoms with van der Waals surface area (Å²) in [7, 11) is -3.75. The molecule has 0 radical (unpaired) electrons. The quantitative estimate of drug-likeness (QED) is 0.800. The first-order valence-corrected chi connectivity index (χ1v) is 10.1. The number of aromatic nitrogens is 1. The Labute approximate surface area is 157 Å². The second-order valence-electron chi connectivity index (χ2n) is 6.16. The molecule has 1 N–H and O–H groups in total. The van der Waals surface area contributed by atoms with E-state index in [0.29, 0.717) is 26.2 Å². The number of pyridine rings is 1. The lowest BCUT2D eigenvalue weighted by atomic mass is 10.2. The molecule has 1 aromatic carbocycles. The van der Waals surface area contributed by atoms with Crippen LogP contribution in [0.5, 0.6) is 0 Å². The fourth-order valence-corrected chi connectivity index (χ4v) is 3.91. The minimum atomic E-state index is -3.75. The first-order valence-electron chi connectivity index (χ1n) is 8.65. The smallest absolute Gasteiger partial charge is 0.240 e. The fraction of sp³-hybridized carbons (Fsp3) is 0.333. The molecule has 1 amide bonds. The monoisotopic (exact) mass is 392 g/mol. The van der Waals surface area contributed by atoms with Gasteiger partial charge in [-0.1, -0.05) is 6.07 Å². The Morgan fingerprint density at radius 1 is 1.07 bits per heavy atom. The number of hydrogen-bond donors (Lipinski definition) is 1. The van der Waals surface area contributed by atoms with Gasteiger partial charge in [-0.25, -0.2) is 22.5 Å². The molecule has 2 heterocycles. The molecule has 7 nitrogen and oxygen atoms in total. The highest BCUT2D eigenvalue weighted by atomic mass is 32.2. The number of nitrogens with zero attached hydrogens (tertiary/aromatic N) is 3. The van der Waals surface area contributed by atoms with E-state index in [-0.39, 0.29) is 23.8 Å². The average Bonchev–Trinajstić information content (AvgIpc) is 2.69. The van der Waals surface area contributed by atoms with Crippen molar-refractivity contribution in [2.24, 2.45) is 0 Å². The summed E-state index contributed by atoms with van der Waals surface area (Å²) < 4.78 is 39.5. The number of halogens is 1. The molecule has 1 aliphatic heterocycles. The van der Waals surface area contributed by atoms with Crippen LogP contribution in [0.2, 0.25) is 0 Å². The van der Waals surface area contributed by atoms with E-state index < -0.39 is 15.8 Å². The number of hydrogen-bond acceptors (Lipinski definition) is 5. The third-order valence-corrected chi connectivity index (χ3v) is 5.84. The second-order valence-corrected chi connectivity index (χ2v) is 7.92. The zero-order valence-corrected chi connectivity index (χ0v) is 15.5. The first-order chi connectivity index (χ1) is 13.0. The van der Waals surface area contributed by atoms with Crippen LogP contribution in [0, 0.1) is 5.82 Å². The van der Waals surface area contributed by atoms with Gasteiger partial charge in [0.1, 0.15) is 11.6 Å². The number of sulfonamides is 1. The lowest BCUT2D eigenvalue weighted by Crippen LogP contribution is -2.49. The minimum absolute atomic E-state index is 0.000994. The molecule has 27 heavy (non-hydrogen) atoms. The zero-order valence-electron chi connectivity index (χ0n) is 14.7. The van der Waals surface area contributed by atoms with E-state index in [1.165, 1.54) is 12.1 Å². The van der Waals surface area contributed by atoms with Crippen molar-refractivity contribution in [3.63, 3.8) is 0 Å². The van der Waals surface area contributed by atoms with Crippen molar-refractivity contribution >= 4 is 21.7 Å². The van der Waals surface area contributed by atoms with Crippen molar-refractivity contribution in [1.82, 2.24) is 14.6 Å². The highest BCUT2D eigenvalue weighted by molar-refractivity contribution is 7.89. The van der Waals surface area contributed by atoms with Gasteiger partial charge in [-0.15, -0.1) is 0 Å². The molecule has 0 atom stereocenters. The summed E-state index contributed by atoms with van der Waals surface area (Å²) in [5, 5.41) is 0.